The molecule has 0 bridgehead atoms. The summed E-state index contributed by atoms with van der Waals surface area (Å²) in [6, 6.07) is 15.7. The fourth-order valence-corrected chi connectivity index (χ4v) is 5.28. The molecule has 0 radical (unpaired) electrons. The van der Waals surface area contributed by atoms with E-state index in [0.717, 1.165) is 23.8 Å². The number of nitrogens with one attached hydrogen (secondary N) is 1. The second kappa shape index (κ2) is 9.90. The second-order valence-corrected chi connectivity index (χ2v) is 9.19. The minimum absolute atomic E-state index is 0.0337. The number of nitrogens with zero attached hydrogens (tertiary/aromatic N) is 3. The number of hydrogen-bond donors (Lipinski definition) is 1. The van der Waals surface area contributed by atoms with Crippen LogP contribution in [0.25, 0.3) is 10.9 Å². The quantitative estimate of drug-likeness (QED) is 0.552. The summed E-state index contributed by atoms with van der Waals surface area (Å²) in [7, 11) is 0. The van der Waals surface area contributed by atoms with Gasteiger partial charge in [-0.15, -0.1) is 0 Å². The monoisotopic (exact) mass is 474 g/mol. The van der Waals surface area contributed by atoms with E-state index in [0.29, 0.717) is 43.9 Å². The van der Waals surface area contributed by atoms with Crippen LogP contribution in [-0.2, 0) is 27.3 Å². The highest BCUT2D eigenvalue weighted by molar-refractivity contribution is 5.91. The number of amides is 1. The van der Waals surface area contributed by atoms with Crippen LogP contribution < -0.4 is 15.9 Å². The van der Waals surface area contributed by atoms with Gasteiger partial charge in [0.25, 0.3) is 0 Å². The molecule has 8 nitrogen and oxygen atoms in total. The molecule has 8 heteroatoms. The Hall–Kier alpha value is -3.68. The number of carbonyl (C=O) groups excluding carboxylic acids is 2. The van der Waals surface area contributed by atoms with Crippen LogP contribution in [-0.4, -0.2) is 41.1 Å². The van der Waals surface area contributed by atoms with Crippen molar-refractivity contribution in [3.05, 3.63) is 70.1 Å². The minimum Gasteiger partial charge on any atom is -0.466 e. The smallest absolute Gasteiger partial charge is 0.350 e. The highest BCUT2D eigenvalue weighted by Gasteiger charge is 2.28. The summed E-state index contributed by atoms with van der Waals surface area (Å²) in [5.41, 5.74) is 2.64. The van der Waals surface area contributed by atoms with E-state index in [-0.39, 0.29) is 30.4 Å². The summed E-state index contributed by atoms with van der Waals surface area (Å²) >= 11 is 0. The predicted octanol–water partition coefficient (Wildman–Crippen LogP) is 2.98. The summed E-state index contributed by atoms with van der Waals surface area (Å²) in [6.07, 6.45) is 3.11. The Labute approximate surface area is 203 Å². The molecular weight excluding hydrogens is 444 g/mol. The van der Waals surface area contributed by atoms with Crippen molar-refractivity contribution in [3.63, 3.8) is 0 Å². The number of hydrogen-bond acceptors (Lipinski definition) is 6. The van der Waals surface area contributed by atoms with Gasteiger partial charge in [0.05, 0.1) is 24.1 Å². The number of rotatable bonds is 6. The number of carbonyl (C=O) groups is 2. The van der Waals surface area contributed by atoms with Crippen molar-refractivity contribution in [2.75, 3.05) is 24.6 Å². The average molecular weight is 475 g/mol. The molecule has 1 aromatic heterocycles. The van der Waals surface area contributed by atoms with Gasteiger partial charge in [-0.2, -0.15) is 4.98 Å². The Morgan fingerprint density at radius 3 is 2.60 bits per heavy atom. The lowest BCUT2D eigenvalue weighted by atomic mass is 9.97. The molecule has 2 aromatic carbocycles. The summed E-state index contributed by atoms with van der Waals surface area (Å²) < 4.78 is 6.61. The van der Waals surface area contributed by atoms with E-state index in [1.165, 1.54) is 10.1 Å². The van der Waals surface area contributed by atoms with E-state index in [1.807, 2.05) is 43.3 Å². The van der Waals surface area contributed by atoms with Gasteiger partial charge in [0.2, 0.25) is 5.91 Å². The molecule has 1 aliphatic carbocycles. The number of piperidine rings is 1. The van der Waals surface area contributed by atoms with Crippen molar-refractivity contribution in [2.24, 2.45) is 5.92 Å². The largest absolute Gasteiger partial charge is 0.466 e. The van der Waals surface area contributed by atoms with E-state index in [9.17, 15) is 14.4 Å². The van der Waals surface area contributed by atoms with E-state index < -0.39 is 5.69 Å². The zero-order valence-corrected chi connectivity index (χ0v) is 19.9. The van der Waals surface area contributed by atoms with Gasteiger partial charge < -0.3 is 15.0 Å². The Morgan fingerprint density at radius 1 is 1.06 bits per heavy atom. The topological polar surface area (TPSA) is 93.5 Å². The molecule has 0 unspecified atom stereocenters. The van der Waals surface area contributed by atoms with E-state index in [2.05, 4.69) is 27.3 Å². The predicted molar refractivity (Wildman–Crippen MR) is 133 cm³/mol. The van der Waals surface area contributed by atoms with Crippen LogP contribution in [0.4, 0.5) is 5.82 Å². The third-order valence-electron chi connectivity index (χ3n) is 7.05. The third-order valence-corrected chi connectivity index (χ3v) is 7.05. The molecule has 5 rings (SSSR count). The average Bonchev–Trinajstić information content (AvgIpc) is 3.28. The lowest BCUT2D eigenvalue weighted by molar-refractivity contribution is -0.148. The number of anilines is 1. The molecule has 3 aromatic rings. The molecule has 1 atom stereocenters. The number of ether oxygens (including phenoxy) is 1. The fraction of sp³-hybridized carbons (Fsp3) is 0.407. The molecule has 1 N–H and O–H groups in total. The molecule has 2 heterocycles. The van der Waals surface area contributed by atoms with Crippen LogP contribution in [0.1, 0.15) is 43.4 Å². The van der Waals surface area contributed by atoms with E-state index >= 15 is 0 Å². The Kier molecular flexibility index (Phi) is 6.53. The minimum atomic E-state index is -0.451. The van der Waals surface area contributed by atoms with Gasteiger partial charge in [-0.05, 0) is 55.9 Å². The molecule has 35 heavy (non-hydrogen) atoms. The normalized spacial score (nSPS) is 17.9. The summed E-state index contributed by atoms with van der Waals surface area (Å²) in [6.45, 7) is 3.34. The molecule has 1 aliphatic heterocycles. The number of para-hydroxylation sites is 1. The maximum absolute atomic E-state index is 13.1. The molecule has 1 saturated heterocycles. The summed E-state index contributed by atoms with van der Waals surface area (Å²) in [4.78, 5) is 44.6. The van der Waals surface area contributed by atoms with Crippen molar-refractivity contribution < 1.29 is 14.3 Å². The van der Waals surface area contributed by atoms with Gasteiger partial charge in [0.15, 0.2) is 0 Å². The number of aromatic nitrogens is 2. The van der Waals surface area contributed by atoms with E-state index in [4.69, 9.17) is 4.74 Å². The van der Waals surface area contributed by atoms with Gasteiger partial charge >= 0.3 is 11.7 Å². The van der Waals surface area contributed by atoms with Gasteiger partial charge in [0, 0.05) is 18.5 Å². The first kappa shape index (κ1) is 23.1. The maximum atomic E-state index is 13.1. The number of aryl methyl sites for hydroxylation is 1. The molecular formula is C27H30N4O4. The first-order valence-electron chi connectivity index (χ1n) is 12.3. The highest BCUT2D eigenvalue weighted by atomic mass is 16.5. The Morgan fingerprint density at radius 2 is 1.80 bits per heavy atom. The van der Waals surface area contributed by atoms with Crippen LogP contribution in [0.3, 0.4) is 0 Å². The van der Waals surface area contributed by atoms with Crippen molar-refractivity contribution >= 4 is 28.6 Å². The Balaban J connectivity index is 1.35. The SMILES string of the molecule is CCOC(=O)C1CCN(c2nc(=O)n(CC(=O)N[C@@H]3CCc4ccccc43)c3ccccc23)CC1. The number of esters is 1. The Bertz CT molecular complexity index is 1310. The van der Waals surface area contributed by atoms with Gasteiger partial charge in [-0.3, -0.25) is 14.2 Å². The lowest BCUT2D eigenvalue weighted by Crippen LogP contribution is -2.40. The molecule has 182 valence electrons. The second-order valence-electron chi connectivity index (χ2n) is 9.19. The van der Waals surface area contributed by atoms with Gasteiger partial charge in [-0.1, -0.05) is 36.4 Å². The zero-order chi connectivity index (χ0) is 24.4. The van der Waals surface area contributed by atoms with Crippen molar-refractivity contribution in [3.8, 4) is 0 Å². The van der Waals surface area contributed by atoms with E-state index in [1.54, 1.807) is 0 Å². The summed E-state index contributed by atoms with van der Waals surface area (Å²) in [5.74, 6) is 0.122. The van der Waals surface area contributed by atoms with Crippen LogP contribution >= 0.6 is 0 Å². The van der Waals surface area contributed by atoms with Crippen LogP contribution in [0.5, 0.6) is 0 Å². The third kappa shape index (κ3) is 4.65. The van der Waals surface area contributed by atoms with Crippen LogP contribution in [0.2, 0.25) is 0 Å². The first-order valence-corrected chi connectivity index (χ1v) is 12.3. The standard InChI is InChI=1S/C27H30N4O4/c1-2-35-26(33)19-13-15-30(16-14-19)25-21-9-5-6-10-23(21)31(27(34)29-25)17-24(32)28-22-12-11-18-7-3-4-8-20(18)22/h3-10,19,22H,2,11-17H2,1H3,(H,28,32)/t22-/m1/s1. The number of fused-ring (bicyclic) bond motifs is 2. The summed E-state index contributed by atoms with van der Waals surface area (Å²) in [5, 5.41) is 3.92. The maximum Gasteiger partial charge on any atom is 0.350 e. The lowest BCUT2D eigenvalue weighted by Gasteiger charge is -2.32. The van der Waals surface area contributed by atoms with Gasteiger partial charge in [0.1, 0.15) is 12.4 Å². The molecule has 0 saturated carbocycles. The molecule has 2 aliphatic rings. The number of benzene rings is 2. The molecule has 0 spiro atoms. The highest BCUT2D eigenvalue weighted by Crippen LogP contribution is 2.31. The van der Waals surface area contributed by atoms with Crippen molar-refractivity contribution in [1.29, 1.82) is 0 Å². The molecule has 1 amide bonds. The first-order chi connectivity index (χ1) is 17.0. The van der Waals surface area contributed by atoms with Gasteiger partial charge in [-0.25, -0.2) is 4.79 Å². The van der Waals surface area contributed by atoms with Crippen molar-refractivity contribution in [2.45, 2.75) is 45.2 Å². The van der Waals surface area contributed by atoms with Crippen LogP contribution in [0, 0.1) is 5.92 Å². The van der Waals surface area contributed by atoms with Crippen molar-refractivity contribution in [1.82, 2.24) is 14.9 Å². The fourth-order valence-electron chi connectivity index (χ4n) is 5.28. The zero-order valence-electron chi connectivity index (χ0n) is 19.9. The molecule has 1 fully saturated rings. The van der Waals surface area contributed by atoms with Crippen LogP contribution in [0.15, 0.2) is 53.3 Å².